The number of hydrogen-bond donors (Lipinski definition) is 1. The molecule has 0 bridgehead atoms. The molecule has 0 saturated carbocycles. The molecule has 28 heavy (non-hydrogen) atoms. The van der Waals surface area contributed by atoms with E-state index in [0.717, 1.165) is 44.3 Å². The van der Waals surface area contributed by atoms with E-state index in [4.69, 9.17) is 23.2 Å². The van der Waals surface area contributed by atoms with Crippen LogP contribution in [0.2, 0.25) is 10.0 Å². The van der Waals surface area contributed by atoms with Crippen LogP contribution >= 0.6 is 23.2 Å². The molecule has 0 radical (unpaired) electrons. The van der Waals surface area contributed by atoms with E-state index in [0.29, 0.717) is 5.02 Å². The van der Waals surface area contributed by atoms with Crippen LogP contribution in [-0.2, 0) is 0 Å². The number of nitrogens with one attached hydrogen (secondary N) is 1. The van der Waals surface area contributed by atoms with Crippen LogP contribution in [0.25, 0.3) is 16.6 Å². The lowest BCUT2D eigenvalue weighted by molar-refractivity contribution is 0.965. The smallest absolute Gasteiger partial charge is 0.0738 e. The maximum atomic E-state index is 6.05. The number of nitrogens with zero attached hydrogens (tertiary/aromatic N) is 3. The number of aromatic nitrogens is 2. The Balaban J connectivity index is 1.61. The first-order valence-electron chi connectivity index (χ1n) is 8.81. The van der Waals surface area contributed by atoms with Crippen molar-refractivity contribution in [3.63, 3.8) is 0 Å². The van der Waals surface area contributed by atoms with Gasteiger partial charge in [0.05, 0.1) is 17.4 Å². The van der Waals surface area contributed by atoms with Crippen LogP contribution in [0.3, 0.4) is 0 Å². The van der Waals surface area contributed by atoms with Crippen LogP contribution in [0, 0.1) is 13.8 Å². The molecule has 140 valence electrons. The van der Waals surface area contributed by atoms with Gasteiger partial charge < -0.3 is 4.57 Å². The molecule has 0 saturated heterocycles. The summed E-state index contributed by atoms with van der Waals surface area (Å²) in [4.78, 5) is 4.35. The molecule has 4 rings (SSSR count). The Morgan fingerprint density at radius 3 is 2.50 bits per heavy atom. The first kappa shape index (κ1) is 18.5. The van der Waals surface area contributed by atoms with E-state index in [2.05, 4.69) is 40.0 Å². The third-order valence-corrected chi connectivity index (χ3v) is 5.14. The Labute approximate surface area is 173 Å². The third-order valence-electron chi connectivity index (χ3n) is 4.65. The highest BCUT2D eigenvalue weighted by Crippen LogP contribution is 2.25. The highest BCUT2D eigenvalue weighted by molar-refractivity contribution is 6.31. The number of hydrogen-bond acceptors (Lipinski definition) is 3. The maximum absolute atomic E-state index is 6.05. The van der Waals surface area contributed by atoms with Crippen LogP contribution in [0.4, 0.5) is 5.69 Å². The topological polar surface area (TPSA) is 42.2 Å². The fraction of sp³-hybridized carbons (Fsp3) is 0.0909. The quantitative estimate of drug-likeness (QED) is 0.313. The highest BCUT2D eigenvalue weighted by atomic mass is 35.5. The Bertz CT molecular complexity index is 1180. The second-order valence-electron chi connectivity index (χ2n) is 6.53. The van der Waals surface area contributed by atoms with Gasteiger partial charge in [0.15, 0.2) is 0 Å². The molecule has 0 aliphatic heterocycles. The monoisotopic (exact) mass is 408 g/mol. The summed E-state index contributed by atoms with van der Waals surface area (Å²) in [6, 6.07) is 17.4. The van der Waals surface area contributed by atoms with Gasteiger partial charge in [0.25, 0.3) is 0 Å². The van der Waals surface area contributed by atoms with E-state index in [1.165, 1.54) is 0 Å². The number of aryl methyl sites for hydroxylation is 1. The maximum Gasteiger partial charge on any atom is 0.0738 e. The first-order chi connectivity index (χ1) is 13.5. The Kier molecular flexibility index (Phi) is 5.07. The van der Waals surface area contributed by atoms with Crippen molar-refractivity contribution >= 4 is 46.0 Å². The predicted molar refractivity (Wildman–Crippen MR) is 118 cm³/mol. The van der Waals surface area contributed by atoms with Crippen molar-refractivity contribution < 1.29 is 0 Å². The van der Waals surface area contributed by atoms with Gasteiger partial charge in [-0.05, 0) is 68.4 Å². The second-order valence-corrected chi connectivity index (χ2v) is 7.40. The molecule has 2 aromatic carbocycles. The van der Waals surface area contributed by atoms with Gasteiger partial charge in [0.1, 0.15) is 0 Å². The van der Waals surface area contributed by atoms with E-state index >= 15 is 0 Å². The fourth-order valence-electron chi connectivity index (χ4n) is 3.30. The lowest BCUT2D eigenvalue weighted by atomic mass is 10.2. The minimum atomic E-state index is 0.662. The summed E-state index contributed by atoms with van der Waals surface area (Å²) in [6.07, 6.45) is 3.57. The molecule has 0 aliphatic carbocycles. The number of fused-ring (bicyclic) bond motifs is 1. The Morgan fingerprint density at radius 1 is 0.964 bits per heavy atom. The van der Waals surface area contributed by atoms with Crippen molar-refractivity contribution in [2.45, 2.75) is 13.8 Å². The predicted octanol–water partition coefficient (Wildman–Crippen LogP) is 6.40. The zero-order valence-electron chi connectivity index (χ0n) is 15.4. The number of benzene rings is 2. The molecule has 4 nitrogen and oxygen atoms in total. The van der Waals surface area contributed by atoms with E-state index in [9.17, 15) is 0 Å². The van der Waals surface area contributed by atoms with Gasteiger partial charge in [-0.3, -0.25) is 10.4 Å². The van der Waals surface area contributed by atoms with Gasteiger partial charge in [0.2, 0.25) is 0 Å². The molecule has 2 heterocycles. The van der Waals surface area contributed by atoms with Gasteiger partial charge in [-0.25, -0.2) is 0 Å². The van der Waals surface area contributed by atoms with Gasteiger partial charge >= 0.3 is 0 Å². The van der Waals surface area contributed by atoms with Gasteiger partial charge in [0, 0.05) is 44.3 Å². The average Bonchev–Trinajstić information content (AvgIpc) is 2.96. The molecule has 0 unspecified atom stereocenters. The molecule has 0 amide bonds. The van der Waals surface area contributed by atoms with Gasteiger partial charge in [-0.15, -0.1) is 0 Å². The Hall–Kier alpha value is -2.82. The summed E-state index contributed by atoms with van der Waals surface area (Å²) in [5.41, 5.74) is 9.18. The normalized spacial score (nSPS) is 11.4. The number of rotatable bonds is 4. The molecule has 0 fully saturated rings. The minimum Gasteiger partial charge on any atom is -0.318 e. The van der Waals surface area contributed by atoms with Crippen molar-refractivity contribution in [2.24, 2.45) is 5.10 Å². The summed E-state index contributed by atoms with van der Waals surface area (Å²) in [5.74, 6) is 0. The Morgan fingerprint density at radius 2 is 1.71 bits per heavy atom. The SMILES string of the molecule is Cc1cc(C=NNc2ccnc3cc(Cl)ccc23)c(C)n1-c1ccc(Cl)cc1. The summed E-state index contributed by atoms with van der Waals surface area (Å²) < 4.78 is 2.18. The molecular weight excluding hydrogens is 391 g/mol. The van der Waals surface area contributed by atoms with Crippen LogP contribution < -0.4 is 5.43 Å². The number of pyridine rings is 1. The van der Waals surface area contributed by atoms with Gasteiger partial charge in [-0.2, -0.15) is 5.10 Å². The first-order valence-corrected chi connectivity index (χ1v) is 9.57. The van der Waals surface area contributed by atoms with Crippen molar-refractivity contribution in [1.82, 2.24) is 9.55 Å². The number of halogens is 2. The molecule has 0 atom stereocenters. The fourth-order valence-corrected chi connectivity index (χ4v) is 3.59. The summed E-state index contributed by atoms with van der Waals surface area (Å²) in [5, 5.41) is 6.79. The zero-order valence-corrected chi connectivity index (χ0v) is 17.0. The van der Waals surface area contributed by atoms with Crippen LogP contribution in [-0.4, -0.2) is 15.8 Å². The number of hydrazone groups is 1. The minimum absolute atomic E-state index is 0.662. The van der Waals surface area contributed by atoms with E-state index < -0.39 is 0 Å². The highest BCUT2D eigenvalue weighted by Gasteiger charge is 2.09. The van der Waals surface area contributed by atoms with E-state index in [1.54, 1.807) is 6.20 Å². The third kappa shape index (κ3) is 3.61. The standard InChI is InChI=1S/C22H18Cl2N4/c1-14-11-16(15(2)28(14)19-6-3-17(23)4-7-19)13-26-27-21-9-10-25-22-12-18(24)5-8-20(21)22/h3-13H,1-2H3,(H,25,27). The van der Waals surface area contributed by atoms with Crippen LogP contribution in [0.1, 0.15) is 17.0 Å². The summed E-state index contributed by atoms with van der Waals surface area (Å²) >= 11 is 12.1. The van der Waals surface area contributed by atoms with E-state index in [1.807, 2.05) is 54.7 Å². The second kappa shape index (κ2) is 7.66. The number of anilines is 1. The van der Waals surface area contributed by atoms with Crippen molar-refractivity contribution in [1.29, 1.82) is 0 Å². The molecule has 6 heteroatoms. The zero-order chi connectivity index (χ0) is 19.7. The average molecular weight is 409 g/mol. The van der Waals surface area contributed by atoms with Crippen molar-refractivity contribution in [3.8, 4) is 5.69 Å². The molecule has 0 aliphatic rings. The lowest BCUT2D eigenvalue weighted by Gasteiger charge is -2.09. The molecule has 2 aromatic heterocycles. The molecular formula is C22H18Cl2N4. The molecule has 1 N–H and O–H groups in total. The molecule has 4 aromatic rings. The van der Waals surface area contributed by atoms with Crippen LogP contribution in [0.5, 0.6) is 0 Å². The van der Waals surface area contributed by atoms with E-state index in [-0.39, 0.29) is 0 Å². The van der Waals surface area contributed by atoms with Crippen molar-refractivity contribution in [3.05, 3.63) is 87.8 Å². The van der Waals surface area contributed by atoms with Crippen molar-refractivity contribution in [2.75, 3.05) is 5.43 Å². The summed E-state index contributed by atoms with van der Waals surface area (Å²) in [6.45, 7) is 4.15. The van der Waals surface area contributed by atoms with Gasteiger partial charge in [-0.1, -0.05) is 23.2 Å². The summed E-state index contributed by atoms with van der Waals surface area (Å²) in [7, 11) is 0. The largest absolute Gasteiger partial charge is 0.318 e. The lowest BCUT2D eigenvalue weighted by Crippen LogP contribution is -1.99. The molecule has 0 spiro atoms. The van der Waals surface area contributed by atoms with Crippen LogP contribution in [0.15, 0.2) is 65.9 Å².